The Morgan fingerprint density at radius 3 is 2.87 bits per heavy atom. The van der Waals surface area contributed by atoms with Crippen LogP contribution in [0.1, 0.15) is 0 Å². The molecular formula is C15H18N4O4. The Labute approximate surface area is 133 Å². The largest absolute Gasteiger partial charge is 0.454 e. The van der Waals surface area contributed by atoms with E-state index in [9.17, 15) is 0 Å². The van der Waals surface area contributed by atoms with Gasteiger partial charge in [0.05, 0.1) is 13.2 Å². The lowest BCUT2D eigenvalue weighted by Gasteiger charge is -2.26. The van der Waals surface area contributed by atoms with Crippen LogP contribution in [0.3, 0.4) is 0 Å². The van der Waals surface area contributed by atoms with Gasteiger partial charge in [-0.3, -0.25) is 4.90 Å². The number of aromatic nitrogens is 2. The molecule has 0 saturated carbocycles. The predicted octanol–water partition coefficient (Wildman–Crippen LogP) is 1.21. The first kappa shape index (κ1) is 14.3. The third-order valence-electron chi connectivity index (χ3n) is 3.85. The molecule has 1 fully saturated rings. The summed E-state index contributed by atoms with van der Waals surface area (Å²) in [5.74, 6) is 1.89. The van der Waals surface area contributed by atoms with Crippen LogP contribution in [0.25, 0.3) is 11.5 Å². The van der Waals surface area contributed by atoms with Crippen LogP contribution in [0.5, 0.6) is 11.5 Å². The minimum absolute atomic E-state index is 0.247. The van der Waals surface area contributed by atoms with E-state index in [0.29, 0.717) is 17.7 Å². The number of anilines is 1. The molecule has 23 heavy (non-hydrogen) atoms. The first-order valence-electron chi connectivity index (χ1n) is 7.66. The van der Waals surface area contributed by atoms with Crippen molar-refractivity contribution in [2.45, 2.75) is 0 Å². The molecule has 2 aromatic rings. The Hall–Kier alpha value is -2.32. The second-order valence-electron chi connectivity index (χ2n) is 5.36. The van der Waals surface area contributed by atoms with Gasteiger partial charge in [-0.2, -0.15) is 0 Å². The molecule has 0 atom stereocenters. The average molecular weight is 318 g/mol. The summed E-state index contributed by atoms with van der Waals surface area (Å²) in [6, 6.07) is 5.98. The SMILES string of the molecule is c1cc2c(cc1-c1nnc(NCCN3CCOCC3)o1)OCO2. The number of hydrogen-bond donors (Lipinski definition) is 1. The summed E-state index contributed by atoms with van der Waals surface area (Å²) in [6.45, 7) is 5.45. The molecule has 2 aliphatic rings. The number of morpholine rings is 1. The van der Waals surface area contributed by atoms with Crippen molar-refractivity contribution in [1.82, 2.24) is 15.1 Å². The maximum absolute atomic E-state index is 5.65. The molecular weight excluding hydrogens is 300 g/mol. The number of nitrogens with one attached hydrogen (secondary N) is 1. The molecule has 8 heteroatoms. The fourth-order valence-electron chi connectivity index (χ4n) is 2.59. The molecule has 3 heterocycles. The van der Waals surface area contributed by atoms with Gasteiger partial charge in [0.1, 0.15) is 0 Å². The summed E-state index contributed by atoms with van der Waals surface area (Å²) in [5.41, 5.74) is 0.808. The lowest BCUT2D eigenvalue weighted by Crippen LogP contribution is -2.39. The topological polar surface area (TPSA) is 81.9 Å². The van der Waals surface area contributed by atoms with Crippen molar-refractivity contribution in [2.24, 2.45) is 0 Å². The molecule has 0 unspecified atom stereocenters. The van der Waals surface area contributed by atoms with Crippen LogP contribution in [0.15, 0.2) is 22.6 Å². The Balaban J connectivity index is 1.35. The maximum Gasteiger partial charge on any atom is 0.315 e. The standard InChI is InChI=1S/C15H18N4O4/c1-2-12-13(22-10-21-12)9-11(1)14-17-18-15(23-14)16-3-4-19-5-7-20-8-6-19/h1-2,9H,3-8,10H2,(H,16,18). The Morgan fingerprint density at radius 1 is 1.09 bits per heavy atom. The number of benzene rings is 1. The number of hydrogen-bond acceptors (Lipinski definition) is 8. The molecule has 2 aliphatic heterocycles. The molecule has 0 spiro atoms. The molecule has 0 amide bonds. The lowest BCUT2D eigenvalue weighted by molar-refractivity contribution is 0.0398. The fraction of sp³-hybridized carbons (Fsp3) is 0.467. The molecule has 4 rings (SSSR count). The predicted molar refractivity (Wildman–Crippen MR) is 81.6 cm³/mol. The van der Waals surface area contributed by atoms with Crippen molar-refractivity contribution in [3.63, 3.8) is 0 Å². The van der Waals surface area contributed by atoms with Gasteiger partial charge >= 0.3 is 6.01 Å². The second-order valence-corrected chi connectivity index (χ2v) is 5.36. The average Bonchev–Trinajstić information content (AvgIpc) is 3.24. The van der Waals surface area contributed by atoms with Crippen LogP contribution in [0.4, 0.5) is 6.01 Å². The number of nitrogens with zero attached hydrogens (tertiary/aromatic N) is 3. The molecule has 122 valence electrons. The minimum atomic E-state index is 0.247. The van der Waals surface area contributed by atoms with E-state index >= 15 is 0 Å². The maximum atomic E-state index is 5.65. The molecule has 1 aromatic carbocycles. The highest BCUT2D eigenvalue weighted by molar-refractivity contribution is 5.60. The van der Waals surface area contributed by atoms with Gasteiger partial charge < -0.3 is 23.9 Å². The van der Waals surface area contributed by atoms with Crippen LogP contribution >= 0.6 is 0 Å². The highest BCUT2D eigenvalue weighted by atomic mass is 16.7. The van der Waals surface area contributed by atoms with Crippen LogP contribution in [-0.4, -0.2) is 61.3 Å². The van der Waals surface area contributed by atoms with E-state index in [0.717, 1.165) is 50.7 Å². The second kappa shape index (κ2) is 6.43. The minimum Gasteiger partial charge on any atom is -0.454 e. The summed E-state index contributed by atoms with van der Waals surface area (Å²) >= 11 is 0. The zero-order valence-electron chi connectivity index (χ0n) is 12.7. The smallest absolute Gasteiger partial charge is 0.315 e. The zero-order valence-corrected chi connectivity index (χ0v) is 12.7. The molecule has 0 radical (unpaired) electrons. The van der Waals surface area contributed by atoms with E-state index in [-0.39, 0.29) is 6.79 Å². The van der Waals surface area contributed by atoms with Crippen molar-refractivity contribution in [2.75, 3.05) is 51.5 Å². The van der Waals surface area contributed by atoms with Crippen molar-refractivity contribution in [3.05, 3.63) is 18.2 Å². The van der Waals surface area contributed by atoms with Gasteiger partial charge in [0.25, 0.3) is 0 Å². The molecule has 1 saturated heterocycles. The molecule has 1 aromatic heterocycles. The number of fused-ring (bicyclic) bond motifs is 1. The van der Waals surface area contributed by atoms with Crippen molar-refractivity contribution >= 4 is 6.01 Å². The van der Waals surface area contributed by atoms with Crippen molar-refractivity contribution < 1.29 is 18.6 Å². The fourth-order valence-corrected chi connectivity index (χ4v) is 2.59. The summed E-state index contributed by atoms with van der Waals surface area (Å²) in [6.07, 6.45) is 0. The highest BCUT2D eigenvalue weighted by Crippen LogP contribution is 2.35. The molecule has 1 N–H and O–H groups in total. The first-order valence-corrected chi connectivity index (χ1v) is 7.66. The summed E-state index contributed by atoms with van der Waals surface area (Å²) in [4.78, 5) is 2.34. The number of ether oxygens (including phenoxy) is 3. The van der Waals surface area contributed by atoms with Crippen LogP contribution < -0.4 is 14.8 Å². The first-order chi connectivity index (χ1) is 11.4. The summed E-state index contributed by atoms with van der Waals surface area (Å²) in [7, 11) is 0. The van der Waals surface area contributed by atoms with E-state index in [1.165, 1.54) is 0 Å². The monoisotopic (exact) mass is 318 g/mol. The summed E-state index contributed by atoms with van der Waals surface area (Å²) < 4.78 is 21.6. The summed E-state index contributed by atoms with van der Waals surface area (Å²) in [5, 5.41) is 11.2. The van der Waals surface area contributed by atoms with Crippen molar-refractivity contribution in [3.8, 4) is 23.0 Å². The van der Waals surface area contributed by atoms with E-state index in [2.05, 4.69) is 20.4 Å². The molecule has 0 aliphatic carbocycles. The van der Waals surface area contributed by atoms with Gasteiger partial charge in [-0.05, 0) is 18.2 Å². The molecule has 8 nitrogen and oxygen atoms in total. The highest BCUT2D eigenvalue weighted by Gasteiger charge is 2.17. The van der Waals surface area contributed by atoms with E-state index in [1.807, 2.05) is 18.2 Å². The third-order valence-corrected chi connectivity index (χ3v) is 3.85. The Morgan fingerprint density at radius 2 is 1.96 bits per heavy atom. The van der Waals surface area contributed by atoms with Crippen LogP contribution in [0.2, 0.25) is 0 Å². The molecule has 0 bridgehead atoms. The Bertz CT molecular complexity index is 669. The normalized spacial score (nSPS) is 17.4. The quantitative estimate of drug-likeness (QED) is 0.881. The Kier molecular flexibility index (Phi) is 3.99. The van der Waals surface area contributed by atoms with Crippen LogP contribution in [-0.2, 0) is 4.74 Å². The zero-order chi connectivity index (χ0) is 15.5. The lowest BCUT2D eigenvalue weighted by atomic mass is 10.2. The van der Waals surface area contributed by atoms with Gasteiger partial charge in [0.2, 0.25) is 12.7 Å². The number of rotatable bonds is 5. The van der Waals surface area contributed by atoms with Gasteiger partial charge in [-0.1, -0.05) is 5.10 Å². The van der Waals surface area contributed by atoms with Gasteiger partial charge in [-0.15, -0.1) is 5.10 Å². The van der Waals surface area contributed by atoms with Gasteiger partial charge in [0.15, 0.2) is 11.5 Å². The van der Waals surface area contributed by atoms with Gasteiger partial charge in [0, 0.05) is 31.7 Å². The van der Waals surface area contributed by atoms with E-state index < -0.39 is 0 Å². The van der Waals surface area contributed by atoms with E-state index in [1.54, 1.807) is 0 Å². The van der Waals surface area contributed by atoms with E-state index in [4.69, 9.17) is 18.6 Å². The third kappa shape index (κ3) is 3.22. The van der Waals surface area contributed by atoms with Crippen LogP contribution in [0, 0.1) is 0 Å². The van der Waals surface area contributed by atoms with Crippen molar-refractivity contribution in [1.29, 1.82) is 0 Å². The van der Waals surface area contributed by atoms with Gasteiger partial charge in [-0.25, -0.2) is 0 Å².